The molecule has 2 aromatic carbocycles. The van der Waals surface area contributed by atoms with Gasteiger partial charge in [-0.05, 0) is 59.7 Å². The monoisotopic (exact) mass is 272 g/mol. The molecule has 0 saturated heterocycles. The zero-order valence-corrected chi connectivity index (χ0v) is 12.3. The summed E-state index contributed by atoms with van der Waals surface area (Å²) in [7, 11) is 0. The molecule has 2 aromatic rings. The van der Waals surface area contributed by atoms with Crippen molar-refractivity contribution in [1.29, 1.82) is 0 Å². The first-order chi connectivity index (χ1) is 9.55. The van der Waals surface area contributed by atoms with Gasteiger partial charge in [-0.1, -0.05) is 38.1 Å². The van der Waals surface area contributed by atoms with Crippen molar-refractivity contribution in [2.45, 2.75) is 39.7 Å². The van der Waals surface area contributed by atoms with E-state index >= 15 is 0 Å². The topological polar surface area (TPSA) is 20.2 Å². The van der Waals surface area contributed by atoms with Gasteiger partial charge in [-0.25, -0.2) is 4.39 Å². The summed E-state index contributed by atoms with van der Waals surface area (Å²) >= 11 is 0. The van der Waals surface area contributed by atoms with Crippen LogP contribution in [0, 0.1) is 12.7 Å². The molecule has 0 amide bonds. The van der Waals surface area contributed by atoms with Gasteiger partial charge >= 0.3 is 0 Å². The second-order valence-electron chi connectivity index (χ2n) is 5.20. The van der Waals surface area contributed by atoms with Crippen molar-refractivity contribution in [3.05, 3.63) is 70.0 Å². The number of hydrogen-bond acceptors (Lipinski definition) is 1. The number of halogens is 1. The van der Waals surface area contributed by atoms with Gasteiger partial charge in [0.1, 0.15) is 11.9 Å². The SMILES string of the molecule is CCc1ccc(C(O)c2cc(C)cc(F)c2)cc1CC. The molecule has 106 valence electrons. The molecule has 0 aliphatic rings. The molecule has 0 radical (unpaired) electrons. The maximum Gasteiger partial charge on any atom is 0.123 e. The molecule has 0 aromatic heterocycles. The van der Waals surface area contributed by atoms with E-state index in [1.165, 1.54) is 23.3 Å². The summed E-state index contributed by atoms with van der Waals surface area (Å²) in [4.78, 5) is 0. The molecule has 0 bridgehead atoms. The minimum atomic E-state index is -0.777. The molecule has 0 fully saturated rings. The van der Waals surface area contributed by atoms with Crippen LogP contribution >= 0.6 is 0 Å². The lowest BCUT2D eigenvalue weighted by molar-refractivity contribution is 0.219. The Morgan fingerprint density at radius 1 is 0.950 bits per heavy atom. The van der Waals surface area contributed by atoms with E-state index in [0.717, 1.165) is 24.0 Å². The van der Waals surface area contributed by atoms with Gasteiger partial charge in [-0.15, -0.1) is 0 Å². The van der Waals surface area contributed by atoms with Crippen LogP contribution in [0.25, 0.3) is 0 Å². The van der Waals surface area contributed by atoms with E-state index in [2.05, 4.69) is 19.9 Å². The van der Waals surface area contributed by atoms with E-state index in [1.54, 1.807) is 0 Å². The van der Waals surface area contributed by atoms with Crippen molar-refractivity contribution in [2.24, 2.45) is 0 Å². The quantitative estimate of drug-likeness (QED) is 0.877. The van der Waals surface area contributed by atoms with Crippen LogP contribution < -0.4 is 0 Å². The van der Waals surface area contributed by atoms with Crippen molar-refractivity contribution in [2.75, 3.05) is 0 Å². The summed E-state index contributed by atoms with van der Waals surface area (Å²) in [5.41, 5.74) is 4.80. The highest BCUT2D eigenvalue weighted by atomic mass is 19.1. The number of benzene rings is 2. The van der Waals surface area contributed by atoms with Gasteiger partial charge in [-0.3, -0.25) is 0 Å². The minimum absolute atomic E-state index is 0.306. The Hall–Kier alpha value is -1.67. The largest absolute Gasteiger partial charge is 0.384 e. The minimum Gasteiger partial charge on any atom is -0.384 e. The maximum absolute atomic E-state index is 13.5. The van der Waals surface area contributed by atoms with Crippen molar-refractivity contribution >= 4 is 0 Å². The molecular weight excluding hydrogens is 251 g/mol. The van der Waals surface area contributed by atoms with Gasteiger partial charge < -0.3 is 5.11 Å². The van der Waals surface area contributed by atoms with Crippen LogP contribution in [-0.4, -0.2) is 5.11 Å². The van der Waals surface area contributed by atoms with E-state index in [0.29, 0.717) is 5.56 Å². The van der Waals surface area contributed by atoms with Crippen LogP contribution in [0.2, 0.25) is 0 Å². The number of aliphatic hydroxyl groups is 1. The van der Waals surface area contributed by atoms with Crippen LogP contribution in [0.1, 0.15) is 47.8 Å². The third-order valence-corrected chi connectivity index (χ3v) is 3.69. The highest BCUT2D eigenvalue weighted by Crippen LogP contribution is 2.26. The van der Waals surface area contributed by atoms with Crippen LogP contribution in [0.3, 0.4) is 0 Å². The zero-order chi connectivity index (χ0) is 14.7. The normalized spacial score (nSPS) is 12.4. The molecule has 2 rings (SSSR count). The first-order valence-electron chi connectivity index (χ1n) is 7.12. The predicted molar refractivity (Wildman–Crippen MR) is 80.4 cm³/mol. The Kier molecular flexibility index (Phi) is 4.56. The third-order valence-electron chi connectivity index (χ3n) is 3.69. The molecule has 1 nitrogen and oxygen atoms in total. The zero-order valence-electron chi connectivity index (χ0n) is 12.3. The van der Waals surface area contributed by atoms with Crippen molar-refractivity contribution in [3.63, 3.8) is 0 Å². The molecule has 0 aliphatic carbocycles. The Bertz CT molecular complexity index is 584. The fourth-order valence-electron chi connectivity index (χ4n) is 2.60. The average molecular weight is 272 g/mol. The molecule has 2 heteroatoms. The summed E-state index contributed by atoms with van der Waals surface area (Å²) in [6, 6.07) is 10.7. The fraction of sp³-hybridized carbons (Fsp3) is 0.333. The van der Waals surface area contributed by atoms with Crippen LogP contribution in [0.15, 0.2) is 36.4 Å². The first-order valence-corrected chi connectivity index (χ1v) is 7.12. The Morgan fingerprint density at radius 3 is 2.25 bits per heavy atom. The van der Waals surface area contributed by atoms with E-state index in [4.69, 9.17) is 0 Å². The number of hydrogen-bond donors (Lipinski definition) is 1. The summed E-state index contributed by atoms with van der Waals surface area (Å²) < 4.78 is 13.5. The lowest BCUT2D eigenvalue weighted by Crippen LogP contribution is -2.03. The van der Waals surface area contributed by atoms with E-state index < -0.39 is 6.10 Å². The number of aliphatic hydroxyl groups excluding tert-OH is 1. The van der Waals surface area contributed by atoms with Gasteiger partial charge in [0.25, 0.3) is 0 Å². The summed E-state index contributed by atoms with van der Waals surface area (Å²) in [6.45, 7) is 6.06. The molecule has 0 aliphatic heterocycles. The number of aryl methyl sites for hydroxylation is 3. The molecule has 20 heavy (non-hydrogen) atoms. The lowest BCUT2D eigenvalue weighted by Gasteiger charge is -2.15. The average Bonchev–Trinajstić information content (AvgIpc) is 2.44. The highest BCUT2D eigenvalue weighted by Gasteiger charge is 2.13. The van der Waals surface area contributed by atoms with E-state index in [1.807, 2.05) is 25.1 Å². The van der Waals surface area contributed by atoms with Crippen LogP contribution in [-0.2, 0) is 12.8 Å². The van der Waals surface area contributed by atoms with Crippen LogP contribution in [0.4, 0.5) is 4.39 Å². The standard InChI is InChI=1S/C18H21FO/c1-4-13-6-7-15(10-14(13)5-2)18(20)16-8-12(3)9-17(19)11-16/h6-11,18,20H,4-5H2,1-3H3. The van der Waals surface area contributed by atoms with E-state index in [-0.39, 0.29) is 5.82 Å². The lowest BCUT2D eigenvalue weighted by atomic mass is 9.94. The van der Waals surface area contributed by atoms with Gasteiger partial charge in [0, 0.05) is 0 Å². The smallest absolute Gasteiger partial charge is 0.123 e. The summed E-state index contributed by atoms with van der Waals surface area (Å²) in [6.07, 6.45) is 1.14. The molecule has 0 spiro atoms. The predicted octanol–water partition coefficient (Wildman–Crippen LogP) is 4.34. The van der Waals surface area contributed by atoms with Crippen LogP contribution in [0.5, 0.6) is 0 Å². The molecule has 1 N–H and O–H groups in total. The van der Waals surface area contributed by atoms with Crippen molar-refractivity contribution in [3.8, 4) is 0 Å². The maximum atomic E-state index is 13.5. The highest BCUT2D eigenvalue weighted by molar-refractivity contribution is 5.38. The van der Waals surface area contributed by atoms with Crippen molar-refractivity contribution < 1.29 is 9.50 Å². The Labute approximate surface area is 120 Å². The Morgan fingerprint density at radius 2 is 1.65 bits per heavy atom. The first kappa shape index (κ1) is 14.7. The second-order valence-corrected chi connectivity index (χ2v) is 5.20. The Balaban J connectivity index is 2.39. The van der Waals surface area contributed by atoms with Gasteiger partial charge in [0.05, 0.1) is 0 Å². The molecule has 1 unspecified atom stereocenters. The van der Waals surface area contributed by atoms with Gasteiger partial charge in [0.2, 0.25) is 0 Å². The third kappa shape index (κ3) is 3.07. The second kappa shape index (κ2) is 6.19. The molecule has 1 atom stereocenters. The van der Waals surface area contributed by atoms with Gasteiger partial charge in [-0.2, -0.15) is 0 Å². The molecule has 0 saturated carbocycles. The molecular formula is C18H21FO. The number of rotatable bonds is 4. The fourth-order valence-corrected chi connectivity index (χ4v) is 2.60. The van der Waals surface area contributed by atoms with E-state index in [9.17, 15) is 9.50 Å². The molecule has 0 heterocycles. The van der Waals surface area contributed by atoms with Gasteiger partial charge in [0.15, 0.2) is 0 Å². The summed E-state index contributed by atoms with van der Waals surface area (Å²) in [5.74, 6) is -0.306. The summed E-state index contributed by atoms with van der Waals surface area (Å²) in [5, 5.41) is 10.5. The van der Waals surface area contributed by atoms with Crippen molar-refractivity contribution in [1.82, 2.24) is 0 Å².